The summed E-state index contributed by atoms with van der Waals surface area (Å²) in [5, 5.41) is 84.7. The summed E-state index contributed by atoms with van der Waals surface area (Å²) in [5.74, 6) is -2.55. The van der Waals surface area contributed by atoms with Crippen molar-refractivity contribution in [2.75, 3.05) is 0 Å². The fourth-order valence-corrected chi connectivity index (χ4v) is 5.58. The van der Waals surface area contributed by atoms with E-state index < -0.39 is 47.6 Å². The largest absolute Gasteiger partial charge is 0.508 e. The summed E-state index contributed by atoms with van der Waals surface area (Å²) in [7, 11) is 0. The summed E-state index contributed by atoms with van der Waals surface area (Å²) < 4.78 is 12.1. The molecule has 0 spiro atoms. The number of aromatic hydroxyl groups is 6. The molecule has 2 aliphatic rings. The Bertz CT molecular complexity index is 1620. The Balaban J connectivity index is 1.53. The zero-order valence-electron chi connectivity index (χ0n) is 20.8. The molecule has 0 fully saturated rings. The van der Waals surface area contributed by atoms with Crippen LogP contribution in [0.1, 0.15) is 45.9 Å². The van der Waals surface area contributed by atoms with Gasteiger partial charge in [0.2, 0.25) is 0 Å². The Hall–Kier alpha value is -4.80. The molecule has 0 saturated heterocycles. The maximum absolute atomic E-state index is 11.7. The first-order chi connectivity index (χ1) is 19.1. The minimum atomic E-state index is -1.43. The third kappa shape index (κ3) is 4.14. The predicted molar refractivity (Wildman–Crippen MR) is 140 cm³/mol. The molecule has 4 aromatic rings. The lowest BCUT2D eigenvalue weighted by Gasteiger charge is -2.40. The van der Waals surface area contributed by atoms with Crippen molar-refractivity contribution in [1.29, 1.82) is 0 Å². The number of fused-ring (bicyclic) bond motifs is 2. The maximum Gasteiger partial charge on any atom is 0.161 e. The second-order valence-electron chi connectivity index (χ2n) is 10.0. The first kappa shape index (κ1) is 25.5. The molecule has 0 radical (unpaired) electrons. The van der Waals surface area contributed by atoms with Gasteiger partial charge < -0.3 is 50.3 Å². The molecule has 6 rings (SSSR count). The van der Waals surface area contributed by atoms with Gasteiger partial charge in [-0.2, -0.15) is 0 Å². The predicted octanol–water partition coefficient (Wildman–Crippen LogP) is 3.58. The molecular weight excluding hydrogens is 520 g/mol. The van der Waals surface area contributed by atoms with Crippen LogP contribution >= 0.6 is 0 Å². The molecule has 0 aliphatic carbocycles. The van der Waals surface area contributed by atoms with Gasteiger partial charge in [-0.1, -0.05) is 24.3 Å². The zero-order valence-corrected chi connectivity index (χ0v) is 20.8. The lowest BCUT2D eigenvalue weighted by molar-refractivity contribution is 0.00344. The van der Waals surface area contributed by atoms with Crippen LogP contribution < -0.4 is 9.47 Å². The topological polar surface area (TPSA) is 180 Å². The number of benzene rings is 4. The normalized spacial score (nSPS) is 23.4. The van der Waals surface area contributed by atoms with Crippen LogP contribution in [0.4, 0.5) is 0 Å². The van der Waals surface area contributed by atoms with Gasteiger partial charge in [-0.15, -0.1) is 0 Å². The molecule has 10 nitrogen and oxygen atoms in total. The van der Waals surface area contributed by atoms with E-state index in [9.17, 15) is 40.9 Å². The number of aliphatic hydroxyl groups is 2. The van der Waals surface area contributed by atoms with Gasteiger partial charge >= 0.3 is 0 Å². The van der Waals surface area contributed by atoms with Crippen molar-refractivity contribution < 1.29 is 50.3 Å². The smallest absolute Gasteiger partial charge is 0.161 e. The van der Waals surface area contributed by atoms with Gasteiger partial charge in [-0.3, -0.25) is 0 Å². The molecule has 206 valence electrons. The van der Waals surface area contributed by atoms with Crippen LogP contribution in [0.25, 0.3) is 0 Å². The number of ether oxygens (including phenoxy) is 2. The van der Waals surface area contributed by atoms with Gasteiger partial charge in [0.25, 0.3) is 0 Å². The van der Waals surface area contributed by atoms with E-state index in [1.165, 1.54) is 60.7 Å². The third-order valence-corrected chi connectivity index (χ3v) is 7.50. The minimum absolute atomic E-state index is 0.0313. The van der Waals surface area contributed by atoms with Crippen molar-refractivity contribution in [2.24, 2.45) is 0 Å². The Kier molecular flexibility index (Phi) is 6.01. The van der Waals surface area contributed by atoms with Crippen LogP contribution in [0.2, 0.25) is 0 Å². The van der Waals surface area contributed by atoms with Crippen LogP contribution in [0.5, 0.6) is 46.0 Å². The van der Waals surface area contributed by atoms with Crippen LogP contribution in [0.15, 0.2) is 66.7 Å². The standard InChI is InChI=1S/C30H26O10/c31-15-3-1-13-9-22(36)30(39-23(13)11-15)18-6-8-20(34)27(37)26(18)25-17-5-4-16(32)12-24(17)40-29(28(25)38)14-2-7-19(33)21(35)10-14/h1-8,10-12,22,25,28-38H,9H2. The van der Waals surface area contributed by atoms with E-state index in [0.717, 1.165) is 0 Å². The van der Waals surface area contributed by atoms with Gasteiger partial charge in [0.05, 0.1) is 6.10 Å². The fourth-order valence-electron chi connectivity index (χ4n) is 5.58. The molecule has 5 unspecified atom stereocenters. The number of phenols is 6. The number of rotatable bonds is 3. The Labute approximate surface area is 227 Å². The molecule has 5 atom stereocenters. The van der Waals surface area contributed by atoms with E-state index >= 15 is 0 Å². The minimum Gasteiger partial charge on any atom is -0.508 e. The maximum atomic E-state index is 11.7. The molecule has 0 amide bonds. The van der Waals surface area contributed by atoms with Crippen molar-refractivity contribution in [1.82, 2.24) is 0 Å². The molecule has 4 aromatic carbocycles. The lowest BCUT2D eigenvalue weighted by atomic mass is 9.76. The number of hydrogen-bond donors (Lipinski definition) is 8. The average Bonchev–Trinajstić information content (AvgIpc) is 2.92. The highest BCUT2D eigenvalue weighted by molar-refractivity contribution is 5.59. The fraction of sp³-hybridized carbons (Fsp3) is 0.200. The van der Waals surface area contributed by atoms with E-state index in [-0.39, 0.29) is 40.5 Å². The summed E-state index contributed by atoms with van der Waals surface area (Å²) in [4.78, 5) is 0. The quantitative estimate of drug-likeness (QED) is 0.177. The molecule has 40 heavy (non-hydrogen) atoms. The van der Waals surface area contributed by atoms with Crippen molar-refractivity contribution in [3.63, 3.8) is 0 Å². The third-order valence-electron chi connectivity index (χ3n) is 7.50. The summed E-state index contributed by atoms with van der Waals surface area (Å²) in [6, 6.07) is 15.4. The Morgan fingerprint density at radius 1 is 0.600 bits per heavy atom. The average molecular weight is 547 g/mol. The van der Waals surface area contributed by atoms with Gasteiger partial charge in [0, 0.05) is 41.2 Å². The summed E-state index contributed by atoms with van der Waals surface area (Å²) >= 11 is 0. The van der Waals surface area contributed by atoms with Crippen molar-refractivity contribution in [2.45, 2.75) is 36.8 Å². The molecule has 8 N–H and O–H groups in total. The summed E-state index contributed by atoms with van der Waals surface area (Å²) in [6.07, 6.45) is -4.53. The Morgan fingerprint density at radius 3 is 2.00 bits per heavy atom. The van der Waals surface area contributed by atoms with E-state index in [2.05, 4.69) is 0 Å². The van der Waals surface area contributed by atoms with E-state index in [1.54, 1.807) is 6.07 Å². The highest BCUT2D eigenvalue weighted by Gasteiger charge is 2.44. The van der Waals surface area contributed by atoms with Gasteiger partial charge in [-0.05, 0) is 41.5 Å². The summed E-state index contributed by atoms with van der Waals surface area (Å²) in [6.45, 7) is 0. The van der Waals surface area contributed by atoms with Gasteiger partial charge in [-0.25, -0.2) is 0 Å². The van der Waals surface area contributed by atoms with Crippen molar-refractivity contribution >= 4 is 0 Å². The number of phenolic OH excluding ortho intramolecular Hbond substituents is 6. The second-order valence-corrected chi connectivity index (χ2v) is 10.0. The van der Waals surface area contributed by atoms with Crippen LogP contribution in [0.3, 0.4) is 0 Å². The second kappa shape index (κ2) is 9.44. The molecule has 0 saturated carbocycles. The molecule has 0 bridgehead atoms. The number of hydrogen-bond acceptors (Lipinski definition) is 10. The van der Waals surface area contributed by atoms with Gasteiger partial charge in [0.1, 0.15) is 29.1 Å². The molecular formula is C30H26O10. The molecule has 10 heteroatoms. The van der Waals surface area contributed by atoms with E-state index in [0.29, 0.717) is 22.4 Å². The highest BCUT2D eigenvalue weighted by atomic mass is 16.5. The highest BCUT2D eigenvalue weighted by Crippen LogP contribution is 2.53. The van der Waals surface area contributed by atoms with Crippen LogP contribution in [0, 0.1) is 0 Å². The summed E-state index contributed by atoms with van der Waals surface area (Å²) in [5.41, 5.74) is 1.67. The molecule has 0 aromatic heterocycles. The van der Waals surface area contributed by atoms with Crippen LogP contribution in [-0.4, -0.2) is 53.1 Å². The number of aliphatic hydroxyl groups excluding tert-OH is 2. The molecule has 2 heterocycles. The zero-order chi connectivity index (χ0) is 28.3. The molecule has 2 aliphatic heterocycles. The van der Waals surface area contributed by atoms with Crippen LogP contribution in [-0.2, 0) is 6.42 Å². The van der Waals surface area contributed by atoms with E-state index in [1.807, 2.05) is 0 Å². The van der Waals surface area contributed by atoms with Crippen molar-refractivity contribution in [3.8, 4) is 46.0 Å². The lowest BCUT2D eigenvalue weighted by Crippen LogP contribution is -2.37. The first-order valence-corrected chi connectivity index (χ1v) is 12.5. The van der Waals surface area contributed by atoms with E-state index in [4.69, 9.17) is 9.47 Å². The SMILES string of the molecule is Oc1ccc2c(c1)OC(c1ccc(O)c(O)c1C1c3ccc(O)cc3OC(c3ccc(O)c(O)c3)C1O)C(O)C2. The van der Waals surface area contributed by atoms with Crippen molar-refractivity contribution in [3.05, 3.63) is 94.5 Å². The monoisotopic (exact) mass is 546 g/mol. The Morgan fingerprint density at radius 2 is 1.25 bits per heavy atom. The van der Waals surface area contributed by atoms with Gasteiger partial charge in [0.15, 0.2) is 35.2 Å². The first-order valence-electron chi connectivity index (χ1n) is 12.5.